The Morgan fingerprint density at radius 3 is 2.32 bits per heavy atom. The van der Waals surface area contributed by atoms with Crippen molar-refractivity contribution in [3.63, 3.8) is 0 Å². The Bertz CT molecular complexity index is 531. The summed E-state index contributed by atoms with van der Waals surface area (Å²) < 4.78 is 0. The predicted molar refractivity (Wildman–Crippen MR) is 78.3 cm³/mol. The minimum absolute atomic E-state index is 0.135. The molecular formula is C17H19NO. The predicted octanol–water partition coefficient (Wildman–Crippen LogP) is 3.36. The van der Waals surface area contributed by atoms with Crippen LogP contribution in [0.5, 0.6) is 0 Å². The highest BCUT2D eigenvalue weighted by Gasteiger charge is 2.14. The normalized spacial score (nSPS) is 12.1. The second kappa shape index (κ2) is 6.30. The number of Topliss-reactive ketones (excluding diaryl/α,β-unsaturated/α-hetero) is 1. The zero-order valence-electron chi connectivity index (χ0n) is 11.4. The van der Waals surface area contributed by atoms with Gasteiger partial charge in [0.1, 0.15) is 0 Å². The molecule has 0 amide bonds. The van der Waals surface area contributed by atoms with Gasteiger partial charge in [-0.1, -0.05) is 60.2 Å². The second-order valence-electron chi connectivity index (χ2n) is 4.82. The third-order valence-corrected chi connectivity index (χ3v) is 3.18. The lowest BCUT2D eigenvalue weighted by atomic mass is 10.0. The molecule has 0 fully saturated rings. The van der Waals surface area contributed by atoms with Gasteiger partial charge in [0.2, 0.25) is 0 Å². The summed E-state index contributed by atoms with van der Waals surface area (Å²) in [6, 6.07) is 17.6. The minimum Gasteiger partial charge on any atom is -0.303 e. The van der Waals surface area contributed by atoms with E-state index in [2.05, 4.69) is 17.4 Å². The topological polar surface area (TPSA) is 29.1 Å². The summed E-state index contributed by atoms with van der Waals surface area (Å²) in [6.45, 7) is 4.63. The highest BCUT2D eigenvalue weighted by Crippen LogP contribution is 2.07. The molecule has 0 heterocycles. The summed E-state index contributed by atoms with van der Waals surface area (Å²) in [5.41, 5.74) is 3.12. The largest absolute Gasteiger partial charge is 0.303 e. The Morgan fingerprint density at radius 2 is 1.68 bits per heavy atom. The molecule has 2 aromatic carbocycles. The Balaban J connectivity index is 1.94. The molecule has 2 heteroatoms. The third-order valence-electron chi connectivity index (χ3n) is 3.18. The average Bonchev–Trinajstić information content (AvgIpc) is 2.46. The fraction of sp³-hybridized carbons (Fsp3) is 0.235. The van der Waals surface area contributed by atoms with E-state index in [1.54, 1.807) is 0 Å². The van der Waals surface area contributed by atoms with E-state index in [0.717, 1.165) is 5.56 Å². The number of carbonyl (C=O) groups excluding carboxylic acids is 1. The molecule has 0 saturated carbocycles. The zero-order chi connectivity index (χ0) is 13.7. The lowest BCUT2D eigenvalue weighted by Gasteiger charge is -2.13. The summed E-state index contributed by atoms with van der Waals surface area (Å²) in [5.74, 6) is 0.135. The van der Waals surface area contributed by atoms with Crippen LogP contribution >= 0.6 is 0 Å². The molecule has 0 aliphatic rings. The van der Waals surface area contributed by atoms with Crippen LogP contribution in [-0.2, 0) is 6.54 Å². The Kier molecular flexibility index (Phi) is 4.48. The highest BCUT2D eigenvalue weighted by molar-refractivity contribution is 5.99. The number of ketones is 1. The van der Waals surface area contributed by atoms with Crippen molar-refractivity contribution in [2.24, 2.45) is 0 Å². The van der Waals surface area contributed by atoms with Crippen LogP contribution in [0.3, 0.4) is 0 Å². The maximum Gasteiger partial charge on any atom is 0.179 e. The van der Waals surface area contributed by atoms with Gasteiger partial charge in [-0.15, -0.1) is 0 Å². The molecule has 1 unspecified atom stereocenters. The third kappa shape index (κ3) is 3.76. The van der Waals surface area contributed by atoms with Gasteiger partial charge in [-0.25, -0.2) is 0 Å². The van der Waals surface area contributed by atoms with Gasteiger partial charge in [-0.3, -0.25) is 4.79 Å². The standard InChI is InChI=1S/C17H19NO/c1-13-8-10-16(11-9-13)17(19)14(2)18-12-15-6-4-3-5-7-15/h3-11,14,18H,12H2,1-2H3. The van der Waals surface area contributed by atoms with Crippen molar-refractivity contribution in [3.8, 4) is 0 Å². The number of aryl methyl sites for hydroxylation is 1. The average molecular weight is 253 g/mol. The smallest absolute Gasteiger partial charge is 0.179 e. The van der Waals surface area contributed by atoms with E-state index in [1.807, 2.05) is 56.3 Å². The van der Waals surface area contributed by atoms with Crippen LogP contribution in [0, 0.1) is 6.92 Å². The quantitative estimate of drug-likeness (QED) is 0.828. The molecule has 2 aromatic rings. The molecule has 0 aliphatic carbocycles. The monoisotopic (exact) mass is 253 g/mol. The number of benzene rings is 2. The van der Waals surface area contributed by atoms with Gasteiger partial charge >= 0.3 is 0 Å². The summed E-state index contributed by atoms with van der Waals surface area (Å²) in [7, 11) is 0. The van der Waals surface area contributed by atoms with Crippen LogP contribution in [-0.4, -0.2) is 11.8 Å². The molecule has 0 bridgehead atoms. The van der Waals surface area contributed by atoms with Gasteiger partial charge in [0, 0.05) is 12.1 Å². The molecule has 1 N–H and O–H groups in total. The Morgan fingerprint density at radius 1 is 1.05 bits per heavy atom. The van der Waals surface area contributed by atoms with Crippen molar-refractivity contribution in [1.29, 1.82) is 0 Å². The van der Waals surface area contributed by atoms with E-state index in [1.165, 1.54) is 11.1 Å². The summed E-state index contributed by atoms with van der Waals surface area (Å²) >= 11 is 0. The van der Waals surface area contributed by atoms with Gasteiger partial charge in [0.15, 0.2) is 5.78 Å². The van der Waals surface area contributed by atoms with Gasteiger partial charge in [0.05, 0.1) is 6.04 Å². The lowest BCUT2D eigenvalue weighted by Crippen LogP contribution is -2.33. The fourth-order valence-corrected chi connectivity index (χ4v) is 1.93. The van der Waals surface area contributed by atoms with Crippen molar-refractivity contribution >= 4 is 5.78 Å². The van der Waals surface area contributed by atoms with Crippen molar-refractivity contribution in [2.75, 3.05) is 0 Å². The Hall–Kier alpha value is -1.93. The van der Waals surface area contributed by atoms with E-state index in [4.69, 9.17) is 0 Å². The number of hydrogen-bond acceptors (Lipinski definition) is 2. The summed E-state index contributed by atoms with van der Waals surface area (Å²) in [6.07, 6.45) is 0. The molecule has 2 rings (SSSR count). The van der Waals surface area contributed by atoms with Gasteiger partial charge in [-0.2, -0.15) is 0 Å². The molecular weight excluding hydrogens is 234 g/mol. The first kappa shape index (κ1) is 13.5. The molecule has 2 nitrogen and oxygen atoms in total. The van der Waals surface area contributed by atoms with Crippen LogP contribution in [0.1, 0.15) is 28.4 Å². The zero-order valence-corrected chi connectivity index (χ0v) is 11.4. The van der Waals surface area contributed by atoms with Crippen molar-refractivity contribution in [2.45, 2.75) is 26.4 Å². The first-order valence-corrected chi connectivity index (χ1v) is 6.55. The number of hydrogen-bond donors (Lipinski definition) is 1. The summed E-state index contributed by atoms with van der Waals surface area (Å²) in [5, 5.41) is 3.26. The molecule has 98 valence electrons. The van der Waals surface area contributed by atoms with Crippen molar-refractivity contribution < 1.29 is 4.79 Å². The second-order valence-corrected chi connectivity index (χ2v) is 4.82. The maximum atomic E-state index is 12.2. The SMILES string of the molecule is Cc1ccc(C(=O)C(C)NCc2ccccc2)cc1. The number of carbonyl (C=O) groups is 1. The van der Waals surface area contributed by atoms with Crippen LogP contribution < -0.4 is 5.32 Å². The van der Waals surface area contributed by atoms with Crippen molar-refractivity contribution in [3.05, 3.63) is 71.3 Å². The van der Waals surface area contributed by atoms with Crippen molar-refractivity contribution in [1.82, 2.24) is 5.32 Å². The van der Waals surface area contributed by atoms with E-state index in [9.17, 15) is 4.79 Å². The maximum absolute atomic E-state index is 12.2. The van der Waals surface area contributed by atoms with Crippen LogP contribution in [0.25, 0.3) is 0 Å². The van der Waals surface area contributed by atoms with Gasteiger partial charge < -0.3 is 5.32 Å². The first-order valence-electron chi connectivity index (χ1n) is 6.55. The van der Waals surface area contributed by atoms with Gasteiger partial charge in [-0.05, 0) is 19.4 Å². The van der Waals surface area contributed by atoms with E-state index >= 15 is 0 Å². The molecule has 0 aromatic heterocycles. The van der Waals surface area contributed by atoms with E-state index in [0.29, 0.717) is 6.54 Å². The highest BCUT2D eigenvalue weighted by atomic mass is 16.1. The molecule has 0 spiro atoms. The number of rotatable bonds is 5. The molecule has 0 saturated heterocycles. The Labute approximate surface area is 114 Å². The van der Waals surface area contributed by atoms with Crippen LogP contribution in [0.4, 0.5) is 0 Å². The minimum atomic E-state index is -0.178. The molecule has 19 heavy (non-hydrogen) atoms. The molecule has 0 aliphatic heterocycles. The van der Waals surface area contributed by atoms with Crippen LogP contribution in [0.2, 0.25) is 0 Å². The van der Waals surface area contributed by atoms with E-state index in [-0.39, 0.29) is 11.8 Å². The molecule has 0 radical (unpaired) electrons. The van der Waals surface area contributed by atoms with Gasteiger partial charge in [0.25, 0.3) is 0 Å². The van der Waals surface area contributed by atoms with E-state index < -0.39 is 0 Å². The lowest BCUT2D eigenvalue weighted by molar-refractivity contribution is 0.0950. The molecule has 1 atom stereocenters. The number of nitrogens with one attached hydrogen (secondary N) is 1. The summed E-state index contributed by atoms with van der Waals surface area (Å²) in [4.78, 5) is 12.2. The fourth-order valence-electron chi connectivity index (χ4n) is 1.93. The van der Waals surface area contributed by atoms with Crippen LogP contribution in [0.15, 0.2) is 54.6 Å². The first-order chi connectivity index (χ1) is 9.16.